The van der Waals surface area contributed by atoms with E-state index in [9.17, 15) is 0 Å². The van der Waals surface area contributed by atoms with Gasteiger partial charge in [-0.15, -0.1) is 0 Å². The summed E-state index contributed by atoms with van der Waals surface area (Å²) in [5, 5.41) is 0. The maximum absolute atomic E-state index is 6.40. The third-order valence-electron chi connectivity index (χ3n) is 4.52. The van der Waals surface area contributed by atoms with E-state index < -0.39 is 0 Å². The van der Waals surface area contributed by atoms with Crippen molar-refractivity contribution in [2.45, 2.75) is 58.2 Å². The van der Waals surface area contributed by atoms with Gasteiger partial charge in [0.1, 0.15) is 0 Å². The standard InChI is InChI=1S/C13H26N2O/c1-10(2)15-7-5-13(6-8-15)11(14)12(3,4)9-16-13/h10-11H,5-9,14H2,1-4H3/t11-/m0/s1. The van der Waals surface area contributed by atoms with Crippen molar-refractivity contribution in [3.05, 3.63) is 0 Å². The lowest BCUT2D eigenvalue weighted by molar-refractivity contribution is -0.0556. The SMILES string of the molecule is CC(C)N1CCC2(CC1)OCC(C)(C)[C@@H]2N. The molecule has 1 atom stereocenters. The van der Waals surface area contributed by atoms with Crippen molar-refractivity contribution in [3.63, 3.8) is 0 Å². The zero-order valence-corrected chi connectivity index (χ0v) is 11.1. The van der Waals surface area contributed by atoms with Crippen LogP contribution in [0.25, 0.3) is 0 Å². The van der Waals surface area contributed by atoms with Crippen molar-refractivity contribution in [1.29, 1.82) is 0 Å². The van der Waals surface area contributed by atoms with Gasteiger partial charge in [-0.3, -0.25) is 0 Å². The van der Waals surface area contributed by atoms with Crippen molar-refractivity contribution < 1.29 is 4.74 Å². The van der Waals surface area contributed by atoms with Gasteiger partial charge in [0.25, 0.3) is 0 Å². The minimum atomic E-state index is -0.0328. The van der Waals surface area contributed by atoms with Gasteiger partial charge < -0.3 is 15.4 Å². The van der Waals surface area contributed by atoms with Crippen LogP contribution in [-0.2, 0) is 4.74 Å². The van der Waals surface area contributed by atoms with Crippen LogP contribution in [0.1, 0.15) is 40.5 Å². The lowest BCUT2D eigenvalue weighted by atomic mass is 9.75. The molecule has 2 saturated heterocycles. The predicted molar refractivity (Wildman–Crippen MR) is 66.4 cm³/mol. The second kappa shape index (κ2) is 3.97. The van der Waals surface area contributed by atoms with Crippen LogP contribution in [0, 0.1) is 5.41 Å². The summed E-state index contributed by atoms with van der Waals surface area (Å²) in [6.07, 6.45) is 2.19. The highest BCUT2D eigenvalue weighted by atomic mass is 16.5. The van der Waals surface area contributed by atoms with Gasteiger partial charge in [0, 0.05) is 30.6 Å². The summed E-state index contributed by atoms with van der Waals surface area (Å²) in [6, 6.07) is 0.831. The van der Waals surface area contributed by atoms with Crippen LogP contribution in [0.5, 0.6) is 0 Å². The average Bonchev–Trinajstić information content (AvgIpc) is 2.45. The molecule has 0 saturated carbocycles. The normalized spacial score (nSPS) is 33.8. The molecule has 0 radical (unpaired) electrons. The number of nitrogens with zero attached hydrogens (tertiary/aromatic N) is 1. The Morgan fingerprint density at radius 1 is 1.25 bits per heavy atom. The quantitative estimate of drug-likeness (QED) is 0.738. The Bertz CT molecular complexity index is 255. The molecule has 3 heteroatoms. The molecular formula is C13H26N2O. The molecule has 3 nitrogen and oxygen atoms in total. The van der Waals surface area contributed by atoms with Crippen molar-refractivity contribution in [1.82, 2.24) is 4.90 Å². The average molecular weight is 226 g/mol. The van der Waals surface area contributed by atoms with Crippen LogP contribution in [0.3, 0.4) is 0 Å². The smallest absolute Gasteiger partial charge is 0.0863 e. The maximum atomic E-state index is 6.40. The molecule has 0 unspecified atom stereocenters. The number of piperidine rings is 1. The third-order valence-corrected chi connectivity index (χ3v) is 4.52. The lowest BCUT2D eigenvalue weighted by Gasteiger charge is -2.43. The van der Waals surface area contributed by atoms with Crippen LogP contribution in [-0.4, -0.2) is 42.3 Å². The molecule has 2 fully saturated rings. The Morgan fingerprint density at radius 2 is 1.81 bits per heavy atom. The summed E-state index contributed by atoms with van der Waals surface area (Å²) in [6.45, 7) is 12.0. The van der Waals surface area contributed by atoms with Gasteiger partial charge in [-0.2, -0.15) is 0 Å². The van der Waals surface area contributed by atoms with Crippen molar-refractivity contribution in [2.75, 3.05) is 19.7 Å². The van der Waals surface area contributed by atoms with Crippen LogP contribution in [0.15, 0.2) is 0 Å². The van der Waals surface area contributed by atoms with E-state index in [1.807, 2.05) is 0 Å². The first-order chi connectivity index (χ1) is 7.37. The molecule has 94 valence electrons. The summed E-state index contributed by atoms with van der Waals surface area (Å²) in [7, 11) is 0. The van der Waals surface area contributed by atoms with Crippen molar-refractivity contribution >= 4 is 0 Å². The number of rotatable bonds is 1. The Kier molecular flexibility index (Phi) is 3.06. The van der Waals surface area contributed by atoms with Gasteiger partial charge in [-0.05, 0) is 26.7 Å². The van der Waals surface area contributed by atoms with Gasteiger partial charge in [0.2, 0.25) is 0 Å². The Labute approximate surface area is 99.3 Å². The molecule has 0 aromatic rings. The largest absolute Gasteiger partial charge is 0.373 e. The number of hydrogen-bond donors (Lipinski definition) is 1. The van der Waals surface area contributed by atoms with Crippen LogP contribution < -0.4 is 5.73 Å². The van der Waals surface area contributed by atoms with Crippen molar-refractivity contribution in [3.8, 4) is 0 Å². The fourth-order valence-electron chi connectivity index (χ4n) is 3.10. The van der Waals surface area contributed by atoms with Gasteiger partial charge in [0.15, 0.2) is 0 Å². The van der Waals surface area contributed by atoms with Crippen LogP contribution >= 0.6 is 0 Å². The number of likely N-dealkylation sites (tertiary alicyclic amines) is 1. The Morgan fingerprint density at radius 3 is 2.19 bits per heavy atom. The molecule has 2 aliphatic heterocycles. The lowest BCUT2D eigenvalue weighted by Crippen LogP contribution is -2.56. The van der Waals surface area contributed by atoms with E-state index in [4.69, 9.17) is 10.5 Å². The van der Waals surface area contributed by atoms with E-state index in [0.29, 0.717) is 6.04 Å². The highest BCUT2D eigenvalue weighted by Crippen LogP contribution is 2.43. The molecule has 0 aromatic carbocycles. The molecule has 0 amide bonds. The first-order valence-electron chi connectivity index (χ1n) is 6.51. The Hall–Kier alpha value is -0.120. The highest BCUT2D eigenvalue weighted by Gasteiger charge is 2.52. The van der Waals surface area contributed by atoms with E-state index in [1.54, 1.807) is 0 Å². The molecule has 0 bridgehead atoms. The topological polar surface area (TPSA) is 38.5 Å². The molecule has 2 aliphatic rings. The van der Waals surface area contributed by atoms with E-state index in [0.717, 1.165) is 32.5 Å². The molecule has 2 rings (SSSR count). The van der Waals surface area contributed by atoms with E-state index in [2.05, 4.69) is 32.6 Å². The van der Waals surface area contributed by atoms with Gasteiger partial charge in [-0.1, -0.05) is 13.8 Å². The fourth-order valence-corrected chi connectivity index (χ4v) is 3.10. The van der Waals surface area contributed by atoms with Gasteiger partial charge in [-0.25, -0.2) is 0 Å². The van der Waals surface area contributed by atoms with E-state index in [1.165, 1.54) is 0 Å². The zero-order valence-electron chi connectivity index (χ0n) is 11.1. The monoisotopic (exact) mass is 226 g/mol. The second-order valence-corrected chi connectivity index (χ2v) is 6.45. The number of hydrogen-bond acceptors (Lipinski definition) is 3. The van der Waals surface area contributed by atoms with Gasteiger partial charge in [0.05, 0.1) is 12.2 Å². The molecule has 1 spiro atoms. The van der Waals surface area contributed by atoms with E-state index in [-0.39, 0.29) is 17.1 Å². The maximum Gasteiger partial charge on any atom is 0.0863 e. The first-order valence-corrected chi connectivity index (χ1v) is 6.51. The highest BCUT2D eigenvalue weighted by molar-refractivity contribution is 5.06. The second-order valence-electron chi connectivity index (χ2n) is 6.45. The van der Waals surface area contributed by atoms with Gasteiger partial charge >= 0.3 is 0 Å². The number of nitrogens with two attached hydrogens (primary N) is 1. The molecule has 2 heterocycles. The molecule has 0 aromatic heterocycles. The summed E-state index contributed by atoms with van der Waals surface area (Å²) in [5.74, 6) is 0. The molecule has 0 aliphatic carbocycles. The summed E-state index contributed by atoms with van der Waals surface area (Å²) >= 11 is 0. The summed E-state index contributed by atoms with van der Waals surface area (Å²) in [5.41, 5.74) is 6.51. The predicted octanol–water partition coefficient (Wildman–Crippen LogP) is 1.61. The minimum Gasteiger partial charge on any atom is -0.373 e. The van der Waals surface area contributed by atoms with Crippen LogP contribution in [0.2, 0.25) is 0 Å². The fraction of sp³-hybridized carbons (Fsp3) is 1.00. The minimum absolute atomic E-state index is 0.0328. The Balaban J connectivity index is 2.03. The third kappa shape index (κ3) is 1.89. The molecule has 16 heavy (non-hydrogen) atoms. The first kappa shape index (κ1) is 12.3. The van der Waals surface area contributed by atoms with Crippen LogP contribution in [0.4, 0.5) is 0 Å². The number of ether oxygens (including phenoxy) is 1. The molecular weight excluding hydrogens is 200 g/mol. The summed E-state index contributed by atoms with van der Waals surface area (Å²) < 4.78 is 6.09. The zero-order chi connectivity index (χ0) is 12.0. The van der Waals surface area contributed by atoms with E-state index >= 15 is 0 Å². The summed E-state index contributed by atoms with van der Waals surface area (Å²) in [4.78, 5) is 2.52. The molecule has 2 N–H and O–H groups in total. The van der Waals surface area contributed by atoms with Crippen molar-refractivity contribution in [2.24, 2.45) is 11.1 Å².